The highest BCUT2D eigenvalue weighted by Crippen LogP contribution is 2.33. The first-order valence-electron chi connectivity index (χ1n) is 9.11. The van der Waals surface area contributed by atoms with Crippen LogP contribution < -0.4 is 15.0 Å². The third-order valence-electron chi connectivity index (χ3n) is 4.50. The average molecular weight is 382 g/mol. The molecule has 0 spiro atoms. The van der Waals surface area contributed by atoms with Crippen LogP contribution in [0.5, 0.6) is 5.75 Å². The van der Waals surface area contributed by atoms with E-state index < -0.39 is 11.9 Å². The molecule has 7 nitrogen and oxygen atoms in total. The first kappa shape index (κ1) is 19.4. The fourth-order valence-electron chi connectivity index (χ4n) is 3.25. The Bertz CT molecular complexity index is 896. The number of amides is 2. The van der Waals surface area contributed by atoms with E-state index in [0.29, 0.717) is 29.3 Å². The molecule has 2 N–H and O–H groups in total. The van der Waals surface area contributed by atoms with Crippen molar-refractivity contribution in [2.45, 2.75) is 19.8 Å². The fourth-order valence-corrected chi connectivity index (χ4v) is 3.25. The number of carboxylic acid groups (broad SMARTS) is 1. The van der Waals surface area contributed by atoms with Gasteiger partial charge in [-0.15, -0.1) is 0 Å². The Balaban J connectivity index is 1.70. The van der Waals surface area contributed by atoms with Gasteiger partial charge in [-0.05, 0) is 36.8 Å². The second kappa shape index (κ2) is 8.56. The maximum Gasteiger partial charge on any atom is 0.307 e. The molecule has 1 unspecified atom stereocenters. The molecule has 0 radical (unpaired) electrons. The van der Waals surface area contributed by atoms with Crippen molar-refractivity contribution in [3.8, 4) is 5.75 Å². The molecule has 2 amide bonds. The van der Waals surface area contributed by atoms with Crippen LogP contribution >= 0.6 is 0 Å². The van der Waals surface area contributed by atoms with Crippen molar-refractivity contribution in [3.63, 3.8) is 0 Å². The third kappa shape index (κ3) is 4.49. The number of rotatable bonds is 7. The van der Waals surface area contributed by atoms with Crippen LogP contribution in [0.25, 0.3) is 0 Å². The number of aliphatic carboxylic acids is 1. The molecule has 2 aromatic rings. The van der Waals surface area contributed by atoms with E-state index in [9.17, 15) is 14.4 Å². The Labute approximate surface area is 162 Å². The molecule has 0 bridgehead atoms. The van der Waals surface area contributed by atoms with Crippen molar-refractivity contribution in [1.29, 1.82) is 0 Å². The van der Waals surface area contributed by atoms with E-state index in [1.165, 1.54) is 0 Å². The number of anilines is 2. The molecule has 7 heteroatoms. The van der Waals surface area contributed by atoms with Gasteiger partial charge in [-0.1, -0.05) is 24.3 Å². The molecular weight excluding hydrogens is 360 g/mol. The summed E-state index contributed by atoms with van der Waals surface area (Å²) >= 11 is 0. The first-order chi connectivity index (χ1) is 13.5. The van der Waals surface area contributed by atoms with Crippen molar-refractivity contribution in [3.05, 3.63) is 54.1 Å². The zero-order valence-electron chi connectivity index (χ0n) is 15.6. The SMILES string of the molecule is CCOc1ccccc1N1CC(C(=O)Nc2cccc(CC(=O)O)c2)CC1=O. The van der Waals surface area contributed by atoms with Crippen molar-refractivity contribution in [2.24, 2.45) is 5.92 Å². The summed E-state index contributed by atoms with van der Waals surface area (Å²) < 4.78 is 5.59. The summed E-state index contributed by atoms with van der Waals surface area (Å²) in [5.41, 5.74) is 1.78. The van der Waals surface area contributed by atoms with Crippen LogP contribution in [0, 0.1) is 5.92 Å². The summed E-state index contributed by atoms with van der Waals surface area (Å²) in [4.78, 5) is 37.6. The van der Waals surface area contributed by atoms with E-state index in [1.807, 2.05) is 19.1 Å². The van der Waals surface area contributed by atoms with E-state index in [4.69, 9.17) is 9.84 Å². The van der Waals surface area contributed by atoms with Gasteiger partial charge in [0.25, 0.3) is 0 Å². The summed E-state index contributed by atoms with van der Waals surface area (Å²) in [5.74, 6) is -1.22. The van der Waals surface area contributed by atoms with Crippen molar-refractivity contribution in [1.82, 2.24) is 0 Å². The number of carbonyl (C=O) groups is 3. The number of hydrogen-bond acceptors (Lipinski definition) is 4. The van der Waals surface area contributed by atoms with Crippen molar-refractivity contribution >= 4 is 29.2 Å². The summed E-state index contributed by atoms with van der Waals surface area (Å²) in [6.07, 6.45) is -0.00523. The number of hydrogen-bond donors (Lipinski definition) is 2. The molecule has 1 heterocycles. The van der Waals surface area contributed by atoms with Gasteiger partial charge in [-0.3, -0.25) is 14.4 Å². The molecule has 0 aliphatic carbocycles. The number of nitrogens with zero attached hydrogens (tertiary/aromatic N) is 1. The number of benzene rings is 2. The molecule has 0 aromatic heterocycles. The highest BCUT2D eigenvalue weighted by atomic mass is 16.5. The summed E-state index contributed by atoms with van der Waals surface area (Å²) in [7, 11) is 0. The van der Waals surface area contributed by atoms with Gasteiger partial charge in [0.1, 0.15) is 5.75 Å². The lowest BCUT2D eigenvalue weighted by atomic mass is 10.1. The Morgan fingerprint density at radius 3 is 2.75 bits per heavy atom. The Morgan fingerprint density at radius 2 is 2.00 bits per heavy atom. The van der Waals surface area contributed by atoms with E-state index in [0.717, 1.165) is 0 Å². The minimum atomic E-state index is -0.937. The normalized spacial score (nSPS) is 16.1. The summed E-state index contributed by atoms with van der Waals surface area (Å²) in [6, 6.07) is 14.0. The quantitative estimate of drug-likeness (QED) is 0.768. The largest absolute Gasteiger partial charge is 0.492 e. The minimum absolute atomic E-state index is 0.112. The number of para-hydroxylation sites is 2. The van der Waals surface area contributed by atoms with Crippen LogP contribution in [0.4, 0.5) is 11.4 Å². The fraction of sp³-hybridized carbons (Fsp3) is 0.286. The molecule has 1 aliphatic heterocycles. The molecule has 3 rings (SSSR count). The second-order valence-corrected chi connectivity index (χ2v) is 6.57. The van der Waals surface area contributed by atoms with Crippen molar-refractivity contribution < 1.29 is 24.2 Å². The van der Waals surface area contributed by atoms with Gasteiger partial charge < -0.3 is 20.1 Å². The third-order valence-corrected chi connectivity index (χ3v) is 4.50. The topological polar surface area (TPSA) is 95.9 Å². The van der Waals surface area contributed by atoms with E-state index in [-0.39, 0.29) is 31.2 Å². The van der Waals surface area contributed by atoms with Crippen LogP contribution in [0.3, 0.4) is 0 Å². The highest BCUT2D eigenvalue weighted by Gasteiger charge is 2.36. The van der Waals surface area contributed by atoms with Crippen LogP contribution in [-0.4, -0.2) is 36.0 Å². The smallest absolute Gasteiger partial charge is 0.307 e. The summed E-state index contributed by atoms with van der Waals surface area (Å²) in [6.45, 7) is 2.62. The molecule has 0 saturated carbocycles. The predicted octanol–water partition coefficient (Wildman–Crippen LogP) is 2.70. The minimum Gasteiger partial charge on any atom is -0.492 e. The molecule has 1 aliphatic rings. The number of carbonyl (C=O) groups excluding carboxylic acids is 2. The number of ether oxygens (including phenoxy) is 1. The van der Waals surface area contributed by atoms with E-state index >= 15 is 0 Å². The molecule has 146 valence electrons. The molecule has 28 heavy (non-hydrogen) atoms. The lowest BCUT2D eigenvalue weighted by molar-refractivity contribution is -0.136. The Hall–Kier alpha value is -3.35. The zero-order valence-corrected chi connectivity index (χ0v) is 15.6. The van der Waals surface area contributed by atoms with Crippen LogP contribution in [-0.2, 0) is 20.8 Å². The van der Waals surface area contributed by atoms with Gasteiger partial charge in [-0.2, -0.15) is 0 Å². The second-order valence-electron chi connectivity index (χ2n) is 6.57. The first-order valence-corrected chi connectivity index (χ1v) is 9.11. The van der Waals surface area contributed by atoms with E-state index in [2.05, 4.69) is 5.32 Å². The van der Waals surface area contributed by atoms with Gasteiger partial charge in [0.2, 0.25) is 11.8 Å². The van der Waals surface area contributed by atoms with Gasteiger partial charge in [0, 0.05) is 18.7 Å². The van der Waals surface area contributed by atoms with Gasteiger partial charge in [0.05, 0.1) is 24.6 Å². The standard InChI is InChI=1S/C21H22N2O5/c1-2-28-18-9-4-3-8-17(18)23-13-15(12-19(23)24)21(27)22-16-7-5-6-14(10-16)11-20(25)26/h3-10,15H,2,11-13H2,1H3,(H,22,27)(H,25,26). The maximum atomic E-state index is 12.6. The molecule has 1 atom stereocenters. The van der Waals surface area contributed by atoms with E-state index in [1.54, 1.807) is 41.3 Å². The van der Waals surface area contributed by atoms with Crippen LogP contribution in [0.15, 0.2) is 48.5 Å². The van der Waals surface area contributed by atoms with Crippen LogP contribution in [0.1, 0.15) is 18.9 Å². The Kier molecular flexibility index (Phi) is 5.93. The Morgan fingerprint density at radius 1 is 1.21 bits per heavy atom. The van der Waals surface area contributed by atoms with Crippen LogP contribution in [0.2, 0.25) is 0 Å². The molecule has 2 aromatic carbocycles. The lowest BCUT2D eigenvalue weighted by Crippen LogP contribution is -2.28. The predicted molar refractivity (Wildman–Crippen MR) is 104 cm³/mol. The van der Waals surface area contributed by atoms with Crippen molar-refractivity contribution in [2.75, 3.05) is 23.4 Å². The molecule has 1 saturated heterocycles. The average Bonchev–Trinajstić information content (AvgIpc) is 3.04. The zero-order chi connectivity index (χ0) is 20.1. The molecule has 1 fully saturated rings. The molecular formula is C21H22N2O5. The maximum absolute atomic E-state index is 12.6. The lowest BCUT2D eigenvalue weighted by Gasteiger charge is -2.20. The number of carboxylic acids is 1. The highest BCUT2D eigenvalue weighted by molar-refractivity contribution is 6.04. The van der Waals surface area contributed by atoms with Gasteiger partial charge >= 0.3 is 5.97 Å². The number of nitrogens with one attached hydrogen (secondary N) is 1. The summed E-state index contributed by atoms with van der Waals surface area (Å²) in [5, 5.41) is 11.7. The van der Waals surface area contributed by atoms with Gasteiger partial charge in [-0.25, -0.2) is 0 Å². The monoisotopic (exact) mass is 382 g/mol. The van der Waals surface area contributed by atoms with Gasteiger partial charge in [0.15, 0.2) is 0 Å².